The van der Waals surface area contributed by atoms with E-state index in [1.54, 1.807) is 0 Å². The van der Waals surface area contributed by atoms with Crippen LogP contribution in [0.1, 0.15) is 56.6 Å². The molecule has 6 nitrogen and oxygen atoms in total. The number of hydrogen-bond acceptors (Lipinski definition) is 4. The summed E-state index contributed by atoms with van der Waals surface area (Å²) >= 11 is 0. The fraction of sp³-hybridized carbons (Fsp3) is 0.731. The second-order valence-corrected chi connectivity index (χ2v) is 9.91. The Bertz CT molecular complexity index is 731. The number of nitrogens with one attached hydrogen (secondary N) is 2. The maximum absolute atomic E-state index is 5.71. The first-order chi connectivity index (χ1) is 15.7. The average molecular weight is 442 g/mol. The van der Waals surface area contributed by atoms with Gasteiger partial charge in [0.1, 0.15) is 0 Å². The Kier molecular flexibility index (Phi) is 8.44. The standard InChI is InChI=1S/C26H43N5O/c1-3-27-25(28-21-26(11-17-32-18-12-26)31-13-4-5-14-31)29-24-9-15-30(16-10-24)20-23-8-6-7-22(2)19-23/h6-8,19,24H,3-5,9-18,20-21H2,1-2H3,(H2,27,28,29). The number of aryl methyl sites for hydroxylation is 1. The summed E-state index contributed by atoms with van der Waals surface area (Å²) in [5.41, 5.74) is 2.96. The van der Waals surface area contributed by atoms with Crippen molar-refractivity contribution >= 4 is 5.96 Å². The Morgan fingerprint density at radius 1 is 1.12 bits per heavy atom. The minimum absolute atomic E-state index is 0.189. The molecular formula is C26H43N5O. The van der Waals surface area contributed by atoms with Crippen LogP contribution in [0.5, 0.6) is 0 Å². The Hall–Kier alpha value is -1.63. The zero-order chi connectivity index (χ0) is 22.2. The highest BCUT2D eigenvalue weighted by molar-refractivity contribution is 5.80. The van der Waals surface area contributed by atoms with E-state index in [9.17, 15) is 0 Å². The maximum Gasteiger partial charge on any atom is 0.191 e. The first-order valence-corrected chi connectivity index (χ1v) is 12.8. The molecule has 6 heteroatoms. The molecule has 0 amide bonds. The number of aliphatic imine (C=N–C) groups is 1. The molecule has 0 radical (unpaired) electrons. The van der Waals surface area contributed by atoms with Crippen LogP contribution < -0.4 is 10.6 Å². The van der Waals surface area contributed by atoms with Crippen LogP contribution in [0.15, 0.2) is 29.3 Å². The van der Waals surface area contributed by atoms with Crippen molar-refractivity contribution in [2.24, 2.45) is 4.99 Å². The minimum Gasteiger partial charge on any atom is -0.381 e. The van der Waals surface area contributed by atoms with Gasteiger partial charge in [0.15, 0.2) is 5.96 Å². The molecule has 0 aromatic heterocycles. The van der Waals surface area contributed by atoms with Gasteiger partial charge in [0.25, 0.3) is 0 Å². The molecule has 0 unspecified atom stereocenters. The summed E-state index contributed by atoms with van der Waals surface area (Å²) in [6, 6.07) is 9.41. The molecule has 32 heavy (non-hydrogen) atoms. The van der Waals surface area contributed by atoms with Gasteiger partial charge >= 0.3 is 0 Å². The zero-order valence-electron chi connectivity index (χ0n) is 20.2. The topological polar surface area (TPSA) is 52.1 Å². The molecule has 3 fully saturated rings. The van der Waals surface area contributed by atoms with Crippen molar-refractivity contribution < 1.29 is 4.74 Å². The first-order valence-electron chi connectivity index (χ1n) is 12.8. The highest BCUT2D eigenvalue weighted by atomic mass is 16.5. The summed E-state index contributed by atoms with van der Waals surface area (Å²) in [5.74, 6) is 0.995. The van der Waals surface area contributed by atoms with Crippen molar-refractivity contribution in [3.8, 4) is 0 Å². The zero-order valence-corrected chi connectivity index (χ0v) is 20.2. The number of piperidine rings is 1. The van der Waals surface area contributed by atoms with Crippen LogP contribution in [0.2, 0.25) is 0 Å². The number of nitrogens with zero attached hydrogens (tertiary/aromatic N) is 3. The molecule has 1 aromatic carbocycles. The lowest BCUT2D eigenvalue weighted by atomic mass is 9.88. The third-order valence-electron chi connectivity index (χ3n) is 7.49. The second kappa shape index (κ2) is 11.5. The normalized spacial score (nSPS) is 23.4. The molecule has 2 N–H and O–H groups in total. The molecular weight excluding hydrogens is 398 g/mol. The van der Waals surface area contributed by atoms with Crippen molar-refractivity contribution in [2.45, 2.75) is 70.5 Å². The minimum atomic E-state index is 0.189. The van der Waals surface area contributed by atoms with E-state index in [1.165, 1.54) is 49.9 Å². The van der Waals surface area contributed by atoms with Crippen LogP contribution >= 0.6 is 0 Å². The highest BCUT2D eigenvalue weighted by Crippen LogP contribution is 2.31. The van der Waals surface area contributed by atoms with Gasteiger partial charge in [-0.3, -0.25) is 14.8 Å². The summed E-state index contributed by atoms with van der Waals surface area (Å²) < 4.78 is 5.71. The van der Waals surface area contributed by atoms with Crippen LogP contribution in [0.3, 0.4) is 0 Å². The smallest absolute Gasteiger partial charge is 0.191 e. The Labute approximate surface area is 194 Å². The molecule has 3 saturated heterocycles. The number of hydrogen-bond donors (Lipinski definition) is 2. The summed E-state index contributed by atoms with van der Waals surface area (Å²) in [4.78, 5) is 10.4. The SMILES string of the molecule is CCNC(=NCC1(N2CCCC2)CCOCC1)NC1CCN(Cc2cccc(C)c2)CC1. The molecule has 3 aliphatic rings. The van der Waals surface area contributed by atoms with E-state index in [0.29, 0.717) is 6.04 Å². The van der Waals surface area contributed by atoms with Gasteiger partial charge in [-0.2, -0.15) is 0 Å². The van der Waals surface area contributed by atoms with Gasteiger partial charge in [0.2, 0.25) is 0 Å². The Balaban J connectivity index is 1.31. The van der Waals surface area contributed by atoms with Gasteiger partial charge in [-0.15, -0.1) is 0 Å². The van der Waals surface area contributed by atoms with Crippen LogP contribution in [0.4, 0.5) is 0 Å². The molecule has 0 saturated carbocycles. The van der Waals surface area contributed by atoms with E-state index in [0.717, 1.165) is 64.7 Å². The van der Waals surface area contributed by atoms with Crippen LogP contribution in [-0.2, 0) is 11.3 Å². The highest BCUT2D eigenvalue weighted by Gasteiger charge is 2.39. The number of guanidine groups is 1. The van der Waals surface area contributed by atoms with Gasteiger partial charge in [-0.1, -0.05) is 29.8 Å². The number of benzene rings is 1. The van der Waals surface area contributed by atoms with Gasteiger partial charge in [-0.05, 0) is 71.0 Å². The van der Waals surface area contributed by atoms with Gasteiger partial charge in [-0.25, -0.2) is 0 Å². The molecule has 3 heterocycles. The van der Waals surface area contributed by atoms with Crippen molar-refractivity contribution in [3.05, 3.63) is 35.4 Å². The average Bonchev–Trinajstić information content (AvgIpc) is 3.36. The fourth-order valence-corrected chi connectivity index (χ4v) is 5.56. The van der Waals surface area contributed by atoms with E-state index < -0.39 is 0 Å². The molecule has 0 aliphatic carbocycles. The lowest BCUT2D eigenvalue weighted by molar-refractivity contribution is -0.0139. The van der Waals surface area contributed by atoms with Gasteiger partial charge in [0, 0.05) is 51.0 Å². The largest absolute Gasteiger partial charge is 0.381 e. The van der Waals surface area contributed by atoms with Crippen molar-refractivity contribution in [1.29, 1.82) is 0 Å². The first kappa shape index (κ1) is 23.5. The maximum atomic E-state index is 5.71. The van der Waals surface area contributed by atoms with Crippen LogP contribution in [0, 0.1) is 6.92 Å². The van der Waals surface area contributed by atoms with E-state index in [-0.39, 0.29) is 5.54 Å². The molecule has 0 bridgehead atoms. The summed E-state index contributed by atoms with van der Waals surface area (Å²) in [5, 5.41) is 7.27. The summed E-state index contributed by atoms with van der Waals surface area (Å²) in [6.07, 6.45) is 7.20. The second-order valence-electron chi connectivity index (χ2n) is 9.91. The van der Waals surface area contributed by atoms with E-state index in [4.69, 9.17) is 9.73 Å². The van der Waals surface area contributed by atoms with Gasteiger partial charge < -0.3 is 15.4 Å². The Morgan fingerprint density at radius 2 is 1.88 bits per heavy atom. The quantitative estimate of drug-likeness (QED) is 0.503. The van der Waals surface area contributed by atoms with Crippen molar-refractivity contribution in [1.82, 2.24) is 20.4 Å². The molecule has 0 atom stereocenters. The lowest BCUT2D eigenvalue weighted by Gasteiger charge is -2.43. The fourth-order valence-electron chi connectivity index (χ4n) is 5.56. The molecule has 178 valence electrons. The van der Waals surface area contributed by atoms with E-state index in [1.807, 2.05) is 0 Å². The molecule has 4 rings (SSSR count). The monoisotopic (exact) mass is 441 g/mol. The lowest BCUT2D eigenvalue weighted by Crippen LogP contribution is -2.54. The van der Waals surface area contributed by atoms with E-state index in [2.05, 4.69) is 58.5 Å². The van der Waals surface area contributed by atoms with Crippen LogP contribution in [0.25, 0.3) is 0 Å². The number of rotatable bonds is 7. The van der Waals surface area contributed by atoms with Gasteiger partial charge in [0.05, 0.1) is 6.54 Å². The predicted octanol–water partition coefficient (Wildman–Crippen LogP) is 3.16. The Morgan fingerprint density at radius 3 is 2.56 bits per heavy atom. The van der Waals surface area contributed by atoms with E-state index >= 15 is 0 Å². The third kappa shape index (κ3) is 6.24. The predicted molar refractivity (Wildman–Crippen MR) is 132 cm³/mol. The molecule has 1 aromatic rings. The van der Waals surface area contributed by atoms with Crippen molar-refractivity contribution in [2.75, 3.05) is 52.5 Å². The molecule has 0 spiro atoms. The number of ether oxygens (including phenoxy) is 1. The summed E-state index contributed by atoms with van der Waals surface area (Å²) in [6.45, 7) is 13.6. The summed E-state index contributed by atoms with van der Waals surface area (Å²) in [7, 11) is 0. The number of likely N-dealkylation sites (tertiary alicyclic amines) is 2. The van der Waals surface area contributed by atoms with Crippen LogP contribution in [-0.4, -0.2) is 79.8 Å². The van der Waals surface area contributed by atoms with Crippen molar-refractivity contribution in [3.63, 3.8) is 0 Å². The molecule has 3 aliphatic heterocycles. The third-order valence-corrected chi connectivity index (χ3v) is 7.49.